The summed E-state index contributed by atoms with van der Waals surface area (Å²) < 4.78 is 62.9. The number of carboxylic acid groups (broad SMARTS) is 1. The molecule has 1 atom stereocenters. The standard InChI is InChI=1S/C12H11F3O6S/c1-2-3-7-6-8(10(16)11(17)18)4-5-9(7)21-22(19,20)12(13,14)15/h2,4-6,10,16H,1,3H2,(H,17,18). The van der Waals surface area contributed by atoms with E-state index in [1.165, 1.54) is 6.08 Å². The van der Waals surface area contributed by atoms with Crippen LogP contribution in [-0.2, 0) is 21.3 Å². The van der Waals surface area contributed by atoms with Gasteiger partial charge in [-0.25, -0.2) is 4.79 Å². The lowest BCUT2D eigenvalue weighted by Crippen LogP contribution is -2.28. The fourth-order valence-corrected chi connectivity index (χ4v) is 1.97. The zero-order valence-electron chi connectivity index (χ0n) is 10.9. The van der Waals surface area contributed by atoms with Gasteiger partial charge in [0, 0.05) is 5.56 Å². The quantitative estimate of drug-likeness (QED) is 0.465. The maximum atomic E-state index is 12.3. The topological polar surface area (TPSA) is 101 Å². The zero-order chi connectivity index (χ0) is 17.1. The van der Waals surface area contributed by atoms with Gasteiger partial charge in [0.05, 0.1) is 0 Å². The SMILES string of the molecule is C=CCc1cc(C(O)C(=O)O)ccc1OS(=O)(=O)C(F)(F)F. The molecular weight excluding hydrogens is 329 g/mol. The molecule has 0 amide bonds. The van der Waals surface area contributed by atoms with Crippen molar-refractivity contribution in [3.05, 3.63) is 42.0 Å². The van der Waals surface area contributed by atoms with Gasteiger partial charge in [-0.1, -0.05) is 12.1 Å². The number of carbonyl (C=O) groups is 1. The van der Waals surface area contributed by atoms with Gasteiger partial charge in [0.1, 0.15) is 5.75 Å². The molecule has 0 saturated heterocycles. The molecule has 1 aromatic rings. The van der Waals surface area contributed by atoms with Crippen LogP contribution < -0.4 is 4.18 Å². The molecule has 0 aliphatic carbocycles. The Morgan fingerprint density at radius 1 is 1.41 bits per heavy atom. The van der Waals surface area contributed by atoms with Crippen molar-refractivity contribution in [3.63, 3.8) is 0 Å². The number of rotatable bonds is 6. The van der Waals surface area contributed by atoms with Gasteiger partial charge in [0.25, 0.3) is 0 Å². The lowest BCUT2D eigenvalue weighted by atomic mass is 10.0. The minimum absolute atomic E-state index is 0.0689. The number of hydrogen-bond donors (Lipinski definition) is 2. The Hall–Kier alpha value is -2.07. The first-order chi connectivity index (χ1) is 9.99. The largest absolute Gasteiger partial charge is 0.534 e. The zero-order valence-corrected chi connectivity index (χ0v) is 11.7. The molecule has 0 radical (unpaired) electrons. The summed E-state index contributed by atoms with van der Waals surface area (Å²) in [5, 5.41) is 18.1. The lowest BCUT2D eigenvalue weighted by molar-refractivity contribution is -0.146. The van der Waals surface area contributed by atoms with E-state index in [2.05, 4.69) is 10.8 Å². The highest BCUT2D eigenvalue weighted by Crippen LogP contribution is 2.31. The van der Waals surface area contributed by atoms with Gasteiger partial charge in [0.2, 0.25) is 0 Å². The summed E-state index contributed by atoms with van der Waals surface area (Å²) in [5.74, 6) is -2.19. The molecule has 6 nitrogen and oxygen atoms in total. The van der Waals surface area contributed by atoms with Gasteiger partial charge in [-0.15, -0.1) is 6.58 Å². The van der Waals surface area contributed by atoms with Crippen molar-refractivity contribution in [2.24, 2.45) is 0 Å². The molecule has 0 aliphatic heterocycles. The molecule has 0 aromatic heterocycles. The van der Waals surface area contributed by atoms with Crippen LogP contribution in [-0.4, -0.2) is 30.1 Å². The summed E-state index contributed by atoms with van der Waals surface area (Å²) in [6.07, 6.45) is -0.751. The smallest absolute Gasteiger partial charge is 0.479 e. The molecule has 0 bridgehead atoms. The van der Waals surface area contributed by atoms with Crippen molar-refractivity contribution in [1.82, 2.24) is 0 Å². The van der Waals surface area contributed by atoms with Gasteiger partial charge in [-0.05, 0) is 24.1 Å². The summed E-state index contributed by atoms with van der Waals surface area (Å²) in [5.41, 5.74) is -5.81. The number of aliphatic hydroxyl groups is 1. The highest BCUT2D eigenvalue weighted by molar-refractivity contribution is 7.88. The second-order valence-corrected chi connectivity index (χ2v) is 5.62. The van der Waals surface area contributed by atoms with Crippen LogP contribution in [0, 0.1) is 0 Å². The van der Waals surface area contributed by atoms with E-state index in [9.17, 15) is 31.5 Å². The van der Waals surface area contributed by atoms with E-state index in [1.54, 1.807) is 0 Å². The van der Waals surface area contributed by atoms with Gasteiger partial charge in [-0.3, -0.25) is 0 Å². The predicted octanol–water partition coefficient (Wildman–Crippen LogP) is 1.76. The number of hydrogen-bond acceptors (Lipinski definition) is 5. The Morgan fingerprint density at radius 2 is 2.00 bits per heavy atom. The summed E-state index contributed by atoms with van der Waals surface area (Å²) in [6.45, 7) is 3.35. The van der Waals surface area contributed by atoms with E-state index < -0.39 is 33.4 Å². The van der Waals surface area contributed by atoms with E-state index in [-0.39, 0.29) is 17.5 Å². The molecule has 10 heteroatoms. The van der Waals surface area contributed by atoms with Gasteiger partial charge >= 0.3 is 21.6 Å². The lowest BCUT2D eigenvalue weighted by Gasteiger charge is -2.14. The second-order valence-electron chi connectivity index (χ2n) is 4.08. The van der Waals surface area contributed by atoms with Crippen LogP contribution in [0.1, 0.15) is 17.2 Å². The minimum atomic E-state index is -5.85. The first kappa shape index (κ1) is 18.0. The maximum Gasteiger partial charge on any atom is 0.534 e. The number of halogens is 3. The third kappa shape index (κ3) is 3.98. The fraction of sp³-hybridized carbons (Fsp3) is 0.250. The summed E-state index contributed by atoms with van der Waals surface area (Å²) in [6, 6.07) is 2.82. The van der Waals surface area contributed by atoms with E-state index in [0.717, 1.165) is 18.2 Å². The van der Waals surface area contributed by atoms with Crippen LogP contribution in [0.2, 0.25) is 0 Å². The number of aliphatic hydroxyl groups excluding tert-OH is 1. The van der Waals surface area contributed by atoms with Crippen LogP contribution in [0.15, 0.2) is 30.9 Å². The Kier molecular flexibility index (Phi) is 5.20. The Labute approximate surface area is 123 Å². The summed E-state index contributed by atoms with van der Waals surface area (Å²) in [4.78, 5) is 10.7. The Bertz CT molecular complexity index is 681. The van der Waals surface area contributed by atoms with Crippen molar-refractivity contribution in [2.45, 2.75) is 18.0 Å². The van der Waals surface area contributed by atoms with E-state index >= 15 is 0 Å². The molecule has 0 aliphatic rings. The monoisotopic (exact) mass is 340 g/mol. The van der Waals surface area contributed by atoms with Crippen molar-refractivity contribution >= 4 is 16.1 Å². The number of carboxylic acids is 1. The summed E-state index contributed by atoms with van der Waals surface area (Å²) >= 11 is 0. The predicted molar refractivity (Wildman–Crippen MR) is 68.5 cm³/mol. The molecular formula is C12H11F3O6S. The Balaban J connectivity index is 3.27. The van der Waals surface area contributed by atoms with Gasteiger partial charge in [0.15, 0.2) is 6.10 Å². The normalized spacial score (nSPS) is 13.5. The third-order valence-corrected chi connectivity index (χ3v) is 3.45. The number of aliphatic carboxylic acids is 1. The molecule has 0 fully saturated rings. The number of alkyl halides is 3. The second kappa shape index (κ2) is 6.36. The first-order valence-corrected chi connectivity index (χ1v) is 7.05. The van der Waals surface area contributed by atoms with Crippen LogP contribution in [0.5, 0.6) is 5.75 Å². The third-order valence-electron chi connectivity index (χ3n) is 2.48. The number of benzene rings is 1. The number of allylic oxidation sites excluding steroid dienone is 1. The van der Waals surface area contributed by atoms with Crippen molar-refractivity contribution in [3.8, 4) is 5.75 Å². The summed E-state index contributed by atoms with van der Waals surface area (Å²) in [7, 11) is -5.85. The molecule has 2 N–H and O–H groups in total. The average molecular weight is 340 g/mol. The molecule has 122 valence electrons. The maximum absolute atomic E-state index is 12.3. The van der Waals surface area contributed by atoms with E-state index in [4.69, 9.17) is 5.11 Å². The van der Waals surface area contributed by atoms with Gasteiger partial charge in [-0.2, -0.15) is 21.6 Å². The molecule has 1 rings (SSSR count). The molecule has 0 saturated carbocycles. The molecule has 0 heterocycles. The van der Waals surface area contributed by atoms with Crippen LogP contribution in [0.4, 0.5) is 13.2 Å². The first-order valence-electron chi connectivity index (χ1n) is 5.65. The minimum Gasteiger partial charge on any atom is -0.479 e. The highest BCUT2D eigenvalue weighted by atomic mass is 32.2. The van der Waals surface area contributed by atoms with Crippen molar-refractivity contribution in [1.29, 1.82) is 0 Å². The molecule has 1 aromatic carbocycles. The molecule has 1 unspecified atom stereocenters. The molecule has 0 spiro atoms. The van der Waals surface area contributed by atoms with Crippen molar-refractivity contribution < 1.29 is 40.8 Å². The van der Waals surface area contributed by atoms with Gasteiger partial charge < -0.3 is 14.4 Å². The Morgan fingerprint density at radius 3 is 2.45 bits per heavy atom. The fourth-order valence-electron chi connectivity index (χ4n) is 1.47. The molecule has 22 heavy (non-hydrogen) atoms. The van der Waals surface area contributed by atoms with Crippen molar-refractivity contribution in [2.75, 3.05) is 0 Å². The van der Waals surface area contributed by atoms with Crippen LogP contribution >= 0.6 is 0 Å². The average Bonchev–Trinajstić information content (AvgIpc) is 2.38. The van der Waals surface area contributed by atoms with E-state index in [1.807, 2.05) is 0 Å². The van der Waals surface area contributed by atoms with Crippen LogP contribution in [0.25, 0.3) is 0 Å². The van der Waals surface area contributed by atoms with Crippen LogP contribution in [0.3, 0.4) is 0 Å². The highest BCUT2D eigenvalue weighted by Gasteiger charge is 2.48. The van der Waals surface area contributed by atoms with E-state index in [0.29, 0.717) is 0 Å².